The van der Waals surface area contributed by atoms with E-state index in [1.807, 2.05) is 18.2 Å². The first-order valence-electron chi connectivity index (χ1n) is 5.93. The van der Waals surface area contributed by atoms with Crippen molar-refractivity contribution in [3.8, 4) is 5.75 Å². The molecule has 1 rings (SSSR count). The number of carbonyl (C=O) groups excluding carboxylic acids is 1. The molecule has 2 nitrogen and oxygen atoms in total. The highest BCUT2D eigenvalue weighted by Crippen LogP contribution is 2.22. The summed E-state index contributed by atoms with van der Waals surface area (Å²) in [6.45, 7) is 4.18. The maximum absolute atomic E-state index is 12.0. The lowest BCUT2D eigenvalue weighted by Gasteiger charge is -2.09. The van der Waals surface area contributed by atoms with E-state index in [1.165, 1.54) is 5.56 Å². The summed E-state index contributed by atoms with van der Waals surface area (Å²) < 4.78 is 5.23. The topological polar surface area (TPSA) is 26.3 Å². The van der Waals surface area contributed by atoms with Gasteiger partial charge in [0.2, 0.25) is 0 Å². The Kier molecular flexibility index (Phi) is 5.03. The van der Waals surface area contributed by atoms with E-state index in [-0.39, 0.29) is 5.78 Å². The number of rotatable bonds is 6. The third kappa shape index (κ3) is 3.09. The van der Waals surface area contributed by atoms with Gasteiger partial charge in [-0.25, -0.2) is 0 Å². The molecule has 0 bridgehead atoms. The van der Waals surface area contributed by atoms with Crippen LogP contribution in [0.2, 0.25) is 0 Å². The molecule has 0 fully saturated rings. The third-order valence-electron chi connectivity index (χ3n) is 2.73. The molecule has 0 unspecified atom stereocenters. The normalized spacial score (nSPS) is 10.2. The summed E-state index contributed by atoms with van der Waals surface area (Å²) in [4.78, 5) is 12.0. The molecule has 2 heteroatoms. The van der Waals surface area contributed by atoms with Crippen LogP contribution in [-0.4, -0.2) is 12.9 Å². The van der Waals surface area contributed by atoms with Crippen molar-refractivity contribution in [2.45, 2.75) is 39.5 Å². The van der Waals surface area contributed by atoms with E-state index in [2.05, 4.69) is 13.8 Å². The monoisotopic (exact) mass is 220 g/mol. The fourth-order valence-electron chi connectivity index (χ4n) is 1.66. The molecule has 0 saturated heterocycles. The van der Waals surface area contributed by atoms with Crippen LogP contribution >= 0.6 is 0 Å². The van der Waals surface area contributed by atoms with Gasteiger partial charge in [0.15, 0.2) is 5.78 Å². The lowest BCUT2D eigenvalue weighted by Crippen LogP contribution is -2.03. The Morgan fingerprint density at radius 1 is 1.31 bits per heavy atom. The van der Waals surface area contributed by atoms with Crippen LogP contribution < -0.4 is 4.74 Å². The average Bonchev–Trinajstić information content (AvgIpc) is 2.35. The number of hydrogen-bond acceptors (Lipinski definition) is 2. The average molecular weight is 220 g/mol. The van der Waals surface area contributed by atoms with Crippen LogP contribution in [-0.2, 0) is 6.42 Å². The standard InChI is InChI=1S/C14H20O2/c1-4-6-7-13(15)12-10-11(5-2)8-9-14(12)16-3/h8-10H,4-7H2,1-3H3. The van der Waals surface area contributed by atoms with Crippen LogP contribution in [0.1, 0.15) is 49.0 Å². The Hall–Kier alpha value is -1.31. The molecule has 88 valence electrons. The summed E-state index contributed by atoms with van der Waals surface area (Å²) in [5, 5.41) is 0. The van der Waals surface area contributed by atoms with Gasteiger partial charge in [-0.05, 0) is 30.5 Å². The van der Waals surface area contributed by atoms with Gasteiger partial charge in [0.25, 0.3) is 0 Å². The first-order chi connectivity index (χ1) is 7.72. The molecule has 0 aliphatic carbocycles. The third-order valence-corrected chi connectivity index (χ3v) is 2.73. The van der Waals surface area contributed by atoms with Crippen molar-refractivity contribution in [3.63, 3.8) is 0 Å². The van der Waals surface area contributed by atoms with Gasteiger partial charge in [-0.3, -0.25) is 4.79 Å². The number of hydrogen-bond donors (Lipinski definition) is 0. The number of Topliss-reactive ketones (excluding diaryl/α,β-unsaturated/α-hetero) is 1. The lowest BCUT2D eigenvalue weighted by atomic mass is 10.0. The highest BCUT2D eigenvalue weighted by Gasteiger charge is 2.11. The lowest BCUT2D eigenvalue weighted by molar-refractivity contribution is 0.0976. The Bertz CT molecular complexity index is 356. The van der Waals surface area contributed by atoms with Crippen molar-refractivity contribution >= 4 is 5.78 Å². The smallest absolute Gasteiger partial charge is 0.166 e. The van der Waals surface area contributed by atoms with E-state index in [0.29, 0.717) is 12.2 Å². The molecule has 0 N–H and O–H groups in total. The number of aryl methyl sites for hydroxylation is 1. The summed E-state index contributed by atoms with van der Waals surface area (Å²) >= 11 is 0. The SMILES string of the molecule is CCCCC(=O)c1cc(CC)ccc1OC. The zero-order chi connectivity index (χ0) is 12.0. The number of benzene rings is 1. The second-order valence-corrected chi connectivity index (χ2v) is 3.91. The Morgan fingerprint density at radius 3 is 2.62 bits per heavy atom. The van der Waals surface area contributed by atoms with Crippen LogP contribution in [0, 0.1) is 0 Å². The maximum Gasteiger partial charge on any atom is 0.166 e. The van der Waals surface area contributed by atoms with Crippen molar-refractivity contribution in [1.29, 1.82) is 0 Å². The molecule has 0 aliphatic rings. The van der Waals surface area contributed by atoms with Crippen LogP contribution in [0.3, 0.4) is 0 Å². The maximum atomic E-state index is 12.0. The summed E-state index contributed by atoms with van der Waals surface area (Å²) in [7, 11) is 1.61. The van der Waals surface area contributed by atoms with E-state index in [1.54, 1.807) is 7.11 Å². The molecule has 0 spiro atoms. The zero-order valence-corrected chi connectivity index (χ0v) is 10.4. The number of carbonyl (C=O) groups is 1. The highest BCUT2D eigenvalue weighted by molar-refractivity contribution is 5.98. The van der Waals surface area contributed by atoms with Gasteiger partial charge in [-0.1, -0.05) is 26.3 Å². The molecular weight excluding hydrogens is 200 g/mol. The summed E-state index contributed by atoms with van der Waals surface area (Å²) in [6.07, 6.45) is 3.54. The Balaban J connectivity index is 2.94. The highest BCUT2D eigenvalue weighted by atomic mass is 16.5. The molecule has 1 aromatic rings. The molecule has 0 heterocycles. The molecule has 16 heavy (non-hydrogen) atoms. The number of ketones is 1. The van der Waals surface area contributed by atoms with Gasteiger partial charge in [0.05, 0.1) is 12.7 Å². The number of ether oxygens (including phenoxy) is 1. The first-order valence-corrected chi connectivity index (χ1v) is 5.93. The second-order valence-electron chi connectivity index (χ2n) is 3.91. The number of methoxy groups -OCH3 is 1. The molecule has 1 aromatic carbocycles. The van der Waals surface area contributed by atoms with Gasteiger partial charge in [-0.2, -0.15) is 0 Å². The minimum Gasteiger partial charge on any atom is -0.496 e. The predicted octanol–water partition coefficient (Wildman–Crippen LogP) is 3.63. The van der Waals surface area contributed by atoms with Gasteiger partial charge in [-0.15, -0.1) is 0 Å². The van der Waals surface area contributed by atoms with Crippen molar-refractivity contribution in [1.82, 2.24) is 0 Å². The molecule has 0 saturated carbocycles. The van der Waals surface area contributed by atoms with Gasteiger partial charge >= 0.3 is 0 Å². The van der Waals surface area contributed by atoms with E-state index in [4.69, 9.17) is 4.74 Å². The van der Waals surface area contributed by atoms with Gasteiger partial charge in [0, 0.05) is 6.42 Å². The molecule has 0 aromatic heterocycles. The first kappa shape index (κ1) is 12.8. The zero-order valence-electron chi connectivity index (χ0n) is 10.4. The number of unbranched alkanes of at least 4 members (excludes halogenated alkanes) is 1. The van der Waals surface area contributed by atoms with E-state index < -0.39 is 0 Å². The van der Waals surface area contributed by atoms with Gasteiger partial charge < -0.3 is 4.74 Å². The predicted molar refractivity (Wildman–Crippen MR) is 66.2 cm³/mol. The van der Waals surface area contributed by atoms with Crippen LogP contribution in [0.4, 0.5) is 0 Å². The molecular formula is C14H20O2. The van der Waals surface area contributed by atoms with Crippen LogP contribution in [0.15, 0.2) is 18.2 Å². The van der Waals surface area contributed by atoms with E-state index in [0.717, 1.165) is 24.8 Å². The second kappa shape index (κ2) is 6.31. The fourth-order valence-corrected chi connectivity index (χ4v) is 1.66. The Labute approximate surface area is 97.6 Å². The van der Waals surface area contributed by atoms with Crippen molar-refractivity contribution in [2.75, 3.05) is 7.11 Å². The van der Waals surface area contributed by atoms with Gasteiger partial charge in [0.1, 0.15) is 5.75 Å². The van der Waals surface area contributed by atoms with E-state index >= 15 is 0 Å². The molecule has 0 amide bonds. The van der Waals surface area contributed by atoms with Crippen LogP contribution in [0.5, 0.6) is 5.75 Å². The van der Waals surface area contributed by atoms with Crippen molar-refractivity contribution in [2.24, 2.45) is 0 Å². The molecule has 0 atom stereocenters. The summed E-state index contributed by atoms with van der Waals surface area (Å²) in [5.41, 5.74) is 1.91. The van der Waals surface area contributed by atoms with E-state index in [9.17, 15) is 4.79 Å². The Morgan fingerprint density at radius 2 is 2.06 bits per heavy atom. The van der Waals surface area contributed by atoms with Crippen molar-refractivity contribution < 1.29 is 9.53 Å². The molecule has 0 radical (unpaired) electrons. The largest absolute Gasteiger partial charge is 0.496 e. The molecule has 0 aliphatic heterocycles. The quantitative estimate of drug-likeness (QED) is 0.684. The minimum atomic E-state index is 0.189. The van der Waals surface area contributed by atoms with Crippen LogP contribution in [0.25, 0.3) is 0 Å². The van der Waals surface area contributed by atoms with Crippen molar-refractivity contribution in [3.05, 3.63) is 29.3 Å². The summed E-state index contributed by atoms with van der Waals surface area (Å²) in [5.74, 6) is 0.882. The minimum absolute atomic E-state index is 0.189. The summed E-state index contributed by atoms with van der Waals surface area (Å²) in [6, 6.07) is 5.85. The fraction of sp³-hybridized carbons (Fsp3) is 0.500.